The molecule has 3 aromatic rings. The zero-order valence-corrected chi connectivity index (χ0v) is 30.1. The van der Waals surface area contributed by atoms with Gasteiger partial charge in [-0.1, -0.05) is 0 Å². The number of ether oxygens (including phenoxy) is 2. The van der Waals surface area contributed by atoms with E-state index < -0.39 is 27.5 Å². The number of nitrogens with zero attached hydrogens (tertiary/aromatic N) is 6. The molecule has 14 heteroatoms. The number of aromatic nitrogens is 1. The molecular formula is C37H43N7O6S. The van der Waals surface area contributed by atoms with Gasteiger partial charge in [-0.25, -0.2) is 18.2 Å². The Morgan fingerprint density at radius 2 is 1.76 bits per heavy atom. The number of methoxy groups -OCH3 is 1. The van der Waals surface area contributed by atoms with E-state index in [9.17, 15) is 18.5 Å². The standard InChI is InChI=1S/C37H43N7O6S/c1-5-50-33-30(7-6-16-39-33)37(40-35(46)43-23-36(24-43)21-42(22-36)27-14-17-41(18-15-27)25(2)3)31-19-26(20-38)8-13-32(31)44(34(37)45)51(47,48)29-11-9-28(49-4)10-12-29/h6-13,16,19,25,27H,5,14-15,17-18,21-24H2,1-4H3,(H,40,46). The number of sulfonamides is 1. The molecule has 3 saturated heterocycles. The van der Waals surface area contributed by atoms with Gasteiger partial charge in [0.25, 0.3) is 15.9 Å². The first-order chi connectivity index (χ1) is 24.5. The molecule has 1 aromatic heterocycles. The molecule has 3 amide bonds. The number of hydrogen-bond donors (Lipinski definition) is 1. The molecule has 4 aliphatic heterocycles. The van der Waals surface area contributed by atoms with E-state index in [2.05, 4.69) is 40.0 Å². The summed E-state index contributed by atoms with van der Waals surface area (Å²) in [4.78, 5) is 40.3. The number of rotatable bonds is 9. The van der Waals surface area contributed by atoms with Gasteiger partial charge in [-0.2, -0.15) is 9.57 Å². The number of likely N-dealkylation sites (tertiary alicyclic amines) is 3. The number of urea groups is 1. The molecule has 1 unspecified atom stereocenters. The molecule has 1 atom stereocenters. The largest absolute Gasteiger partial charge is 0.497 e. The van der Waals surface area contributed by atoms with Crippen molar-refractivity contribution in [2.75, 3.05) is 57.3 Å². The van der Waals surface area contributed by atoms with Gasteiger partial charge in [0.2, 0.25) is 5.88 Å². The topological polar surface area (TPSA) is 148 Å². The molecule has 3 fully saturated rings. The number of amides is 3. The fourth-order valence-corrected chi connectivity index (χ4v) is 9.58. The van der Waals surface area contributed by atoms with Gasteiger partial charge in [-0.15, -0.1) is 0 Å². The average Bonchev–Trinajstić information content (AvgIpc) is 3.35. The van der Waals surface area contributed by atoms with Gasteiger partial charge in [-0.3, -0.25) is 9.69 Å². The third-order valence-corrected chi connectivity index (χ3v) is 12.5. The summed E-state index contributed by atoms with van der Waals surface area (Å²) in [5.74, 6) is -0.440. The van der Waals surface area contributed by atoms with Crippen LogP contribution in [0.1, 0.15) is 50.3 Å². The summed E-state index contributed by atoms with van der Waals surface area (Å²) in [6, 6.07) is 15.9. The Hall–Kier alpha value is -4.71. The fraction of sp³-hybridized carbons (Fsp3) is 0.459. The van der Waals surface area contributed by atoms with Crippen LogP contribution in [0.4, 0.5) is 10.5 Å². The molecule has 13 nitrogen and oxygen atoms in total. The molecular weight excluding hydrogens is 671 g/mol. The van der Waals surface area contributed by atoms with Crippen molar-refractivity contribution in [2.24, 2.45) is 5.41 Å². The Bertz CT molecular complexity index is 1980. The predicted octanol–water partition coefficient (Wildman–Crippen LogP) is 3.54. The van der Waals surface area contributed by atoms with Crippen LogP contribution in [0.2, 0.25) is 0 Å². The second-order valence-electron chi connectivity index (χ2n) is 14.2. The maximum atomic E-state index is 15.0. The molecule has 0 radical (unpaired) electrons. The molecule has 1 spiro atoms. The van der Waals surface area contributed by atoms with Crippen LogP contribution in [0.25, 0.3) is 0 Å². The molecule has 7 rings (SSSR count). The number of nitriles is 1. The van der Waals surface area contributed by atoms with Gasteiger partial charge in [0.1, 0.15) is 5.75 Å². The van der Waals surface area contributed by atoms with Gasteiger partial charge in [0, 0.05) is 55.4 Å². The van der Waals surface area contributed by atoms with Crippen LogP contribution in [0.5, 0.6) is 11.6 Å². The van der Waals surface area contributed by atoms with Gasteiger partial charge < -0.3 is 24.6 Å². The second-order valence-corrected chi connectivity index (χ2v) is 16.0. The lowest BCUT2D eigenvalue weighted by Crippen LogP contribution is -2.76. The van der Waals surface area contributed by atoms with Crippen molar-refractivity contribution in [2.45, 2.75) is 56.1 Å². The summed E-state index contributed by atoms with van der Waals surface area (Å²) in [7, 11) is -3.06. The van der Waals surface area contributed by atoms with Crippen molar-refractivity contribution in [3.63, 3.8) is 0 Å². The lowest BCUT2D eigenvalue weighted by molar-refractivity contribution is -0.124. The Morgan fingerprint density at radius 3 is 2.39 bits per heavy atom. The number of carbonyl (C=O) groups is 2. The van der Waals surface area contributed by atoms with E-state index in [0.29, 0.717) is 35.2 Å². The number of piperidine rings is 1. The minimum Gasteiger partial charge on any atom is -0.497 e. The first kappa shape index (κ1) is 34.7. The minimum atomic E-state index is -4.53. The van der Waals surface area contributed by atoms with Crippen LogP contribution >= 0.6 is 0 Å². The zero-order valence-electron chi connectivity index (χ0n) is 29.3. The Labute approximate surface area is 298 Å². The molecule has 2 aromatic carbocycles. The average molecular weight is 714 g/mol. The van der Waals surface area contributed by atoms with Gasteiger partial charge in [0.05, 0.1) is 41.5 Å². The van der Waals surface area contributed by atoms with Gasteiger partial charge in [-0.05, 0) is 101 Å². The van der Waals surface area contributed by atoms with Gasteiger partial charge in [0.15, 0.2) is 5.54 Å². The highest BCUT2D eigenvalue weighted by molar-refractivity contribution is 7.93. The number of carbonyl (C=O) groups excluding carboxylic acids is 2. The molecule has 5 heterocycles. The van der Waals surface area contributed by atoms with Crippen LogP contribution in [0.3, 0.4) is 0 Å². The number of hydrogen-bond acceptors (Lipinski definition) is 10. The number of nitrogens with one attached hydrogen (secondary N) is 1. The van der Waals surface area contributed by atoms with Crippen molar-refractivity contribution in [1.82, 2.24) is 25.0 Å². The first-order valence-corrected chi connectivity index (χ1v) is 18.8. The molecule has 0 aliphatic carbocycles. The molecule has 51 heavy (non-hydrogen) atoms. The van der Waals surface area contributed by atoms with E-state index >= 15 is 4.79 Å². The van der Waals surface area contributed by atoms with Crippen LogP contribution in [0, 0.1) is 16.7 Å². The van der Waals surface area contributed by atoms with Gasteiger partial charge >= 0.3 is 6.03 Å². The van der Waals surface area contributed by atoms with Crippen LogP contribution in [-0.4, -0.2) is 105 Å². The monoisotopic (exact) mass is 713 g/mol. The van der Waals surface area contributed by atoms with E-state index in [1.165, 1.54) is 55.8 Å². The van der Waals surface area contributed by atoms with E-state index in [0.717, 1.165) is 39.0 Å². The van der Waals surface area contributed by atoms with E-state index in [1.54, 1.807) is 24.0 Å². The highest BCUT2D eigenvalue weighted by Crippen LogP contribution is 2.50. The summed E-state index contributed by atoms with van der Waals surface area (Å²) in [5.41, 5.74) is -1.62. The summed E-state index contributed by atoms with van der Waals surface area (Å²) in [5, 5.41) is 12.9. The third kappa shape index (κ3) is 5.77. The maximum absolute atomic E-state index is 15.0. The highest BCUT2D eigenvalue weighted by atomic mass is 32.2. The number of benzene rings is 2. The molecule has 4 aliphatic rings. The predicted molar refractivity (Wildman–Crippen MR) is 189 cm³/mol. The Morgan fingerprint density at radius 1 is 1.06 bits per heavy atom. The van der Waals surface area contributed by atoms with Crippen LogP contribution < -0.4 is 19.1 Å². The lowest BCUT2D eigenvalue weighted by atomic mass is 9.71. The van der Waals surface area contributed by atoms with Crippen LogP contribution in [-0.2, 0) is 20.4 Å². The van der Waals surface area contributed by atoms with E-state index in [4.69, 9.17) is 9.47 Å². The van der Waals surface area contributed by atoms with Crippen molar-refractivity contribution in [3.05, 3.63) is 77.5 Å². The number of fused-ring (bicyclic) bond motifs is 1. The minimum absolute atomic E-state index is 0.0136. The smallest absolute Gasteiger partial charge is 0.318 e. The molecule has 1 N–H and O–H groups in total. The van der Waals surface area contributed by atoms with Crippen molar-refractivity contribution in [1.29, 1.82) is 5.26 Å². The summed E-state index contributed by atoms with van der Waals surface area (Å²) in [6.07, 6.45) is 3.77. The Balaban J connectivity index is 1.21. The first-order valence-electron chi connectivity index (χ1n) is 17.4. The van der Waals surface area contributed by atoms with E-state index in [1.807, 2.05) is 0 Å². The maximum Gasteiger partial charge on any atom is 0.318 e. The highest BCUT2D eigenvalue weighted by Gasteiger charge is 2.61. The second kappa shape index (κ2) is 13.1. The lowest BCUT2D eigenvalue weighted by Gasteiger charge is -2.62. The number of anilines is 1. The molecule has 268 valence electrons. The Kier molecular flexibility index (Phi) is 8.93. The van der Waals surface area contributed by atoms with Crippen molar-refractivity contribution >= 4 is 27.6 Å². The summed E-state index contributed by atoms with van der Waals surface area (Å²) < 4.78 is 40.5. The summed E-state index contributed by atoms with van der Waals surface area (Å²) >= 11 is 0. The molecule has 0 saturated carbocycles. The van der Waals surface area contributed by atoms with Crippen LogP contribution in [0.15, 0.2) is 65.7 Å². The SMILES string of the molecule is CCOc1ncccc1C1(NC(=O)N2CC3(C2)CN(C2CCN(C(C)C)CC2)C3)C(=O)N(S(=O)(=O)c2ccc(OC)cc2)c2ccc(C#N)cc21. The van der Waals surface area contributed by atoms with Crippen molar-refractivity contribution < 1.29 is 27.5 Å². The summed E-state index contributed by atoms with van der Waals surface area (Å²) in [6.45, 7) is 11.5. The normalized spacial score (nSPS) is 21.9. The number of pyridine rings is 1. The fourth-order valence-electron chi connectivity index (χ4n) is 8.12. The molecule has 0 bridgehead atoms. The quantitative estimate of drug-likeness (QED) is 0.349. The third-order valence-electron chi connectivity index (χ3n) is 10.8. The van der Waals surface area contributed by atoms with Crippen molar-refractivity contribution in [3.8, 4) is 17.7 Å². The zero-order chi connectivity index (χ0) is 36.1. The van der Waals surface area contributed by atoms with E-state index in [-0.39, 0.29) is 45.2 Å².